The van der Waals surface area contributed by atoms with Gasteiger partial charge in [-0.15, -0.1) is 0 Å². The molecule has 0 aliphatic carbocycles. The maximum atomic E-state index is 9.80. The summed E-state index contributed by atoms with van der Waals surface area (Å²) in [5.74, 6) is 1.37. The molecule has 0 heterocycles. The molecule has 0 spiro atoms. The predicted molar refractivity (Wildman–Crippen MR) is 62.2 cm³/mol. The van der Waals surface area contributed by atoms with E-state index in [-0.39, 0.29) is 17.4 Å². The Morgan fingerprint density at radius 1 is 0.867 bits per heavy atom. The molecule has 0 atom stereocenters. The number of phenols is 2. The summed E-state index contributed by atoms with van der Waals surface area (Å²) in [6, 6.07) is 4.92. The van der Waals surface area contributed by atoms with E-state index in [0.717, 1.165) is 0 Å². The minimum Gasteiger partial charge on any atom is -0.508 e. The van der Waals surface area contributed by atoms with E-state index in [1.165, 1.54) is 0 Å². The fourth-order valence-corrected chi connectivity index (χ4v) is 2.32. The molecular formula is C13H20O2. The maximum Gasteiger partial charge on any atom is 0.122 e. The number of rotatable bonds is 3. The number of hydrogen-bond acceptors (Lipinski definition) is 2. The molecule has 2 N–H and O–H groups in total. The van der Waals surface area contributed by atoms with Crippen LogP contribution in [0.2, 0.25) is 0 Å². The standard InChI is InChI=1S/C13H20O2/c1-8(2)12(9(3)4)13-10(14)6-5-7-11(13)15/h5-9,12,14-15H,1-4H3. The van der Waals surface area contributed by atoms with Crippen LogP contribution >= 0.6 is 0 Å². The van der Waals surface area contributed by atoms with Crippen LogP contribution in [-0.4, -0.2) is 10.2 Å². The molecule has 1 aromatic carbocycles. The quantitative estimate of drug-likeness (QED) is 0.798. The second-order valence-electron chi connectivity index (χ2n) is 4.72. The monoisotopic (exact) mass is 208 g/mol. The smallest absolute Gasteiger partial charge is 0.122 e. The van der Waals surface area contributed by atoms with Crippen LogP contribution in [0.1, 0.15) is 39.2 Å². The largest absolute Gasteiger partial charge is 0.508 e. The van der Waals surface area contributed by atoms with Crippen LogP contribution in [0.3, 0.4) is 0 Å². The first kappa shape index (κ1) is 11.9. The highest BCUT2D eigenvalue weighted by Gasteiger charge is 2.25. The lowest BCUT2D eigenvalue weighted by molar-refractivity contribution is 0.350. The Balaban J connectivity index is 3.22. The van der Waals surface area contributed by atoms with Gasteiger partial charge < -0.3 is 10.2 Å². The number of aromatic hydroxyl groups is 2. The van der Waals surface area contributed by atoms with E-state index in [0.29, 0.717) is 17.4 Å². The summed E-state index contributed by atoms with van der Waals surface area (Å²) in [5, 5.41) is 19.6. The number of hydrogen-bond donors (Lipinski definition) is 2. The Labute approximate surface area is 91.6 Å². The Morgan fingerprint density at radius 3 is 1.60 bits per heavy atom. The fourth-order valence-electron chi connectivity index (χ4n) is 2.32. The van der Waals surface area contributed by atoms with Gasteiger partial charge in [-0.05, 0) is 29.9 Å². The van der Waals surface area contributed by atoms with Crippen LogP contribution in [0.15, 0.2) is 18.2 Å². The van der Waals surface area contributed by atoms with Crippen LogP contribution in [0, 0.1) is 11.8 Å². The minimum absolute atomic E-state index is 0.186. The SMILES string of the molecule is CC(C)C(c1c(O)cccc1O)C(C)C. The van der Waals surface area contributed by atoms with Crippen molar-refractivity contribution in [3.05, 3.63) is 23.8 Å². The molecule has 0 amide bonds. The van der Waals surface area contributed by atoms with Gasteiger partial charge >= 0.3 is 0 Å². The van der Waals surface area contributed by atoms with Crippen molar-refractivity contribution >= 4 is 0 Å². The Hall–Kier alpha value is -1.18. The van der Waals surface area contributed by atoms with Crippen molar-refractivity contribution in [1.29, 1.82) is 0 Å². The number of benzene rings is 1. The van der Waals surface area contributed by atoms with E-state index in [1.54, 1.807) is 18.2 Å². The van der Waals surface area contributed by atoms with Crippen LogP contribution in [0.5, 0.6) is 11.5 Å². The summed E-state index contributed by atoms with van der Waals surface area (Å²) in [6.45, 7) is 8.43. The Bertz CT molecular complexity index is 301. The second-order valence-corrected chi connectivity index (χ2v) is 4.72. The molecule has 84 valence electrons. The molecule has 0 bridgehead atoms. The third-order valence-electron chi connectivity index (χ3n) is 2.83. The van der Waals surface area contributed by atoms with E-state index in [2.05, 4.69) is 27.7 Å². The summed E-state index contributed by atoms with van der Waals surface area (Å²) in [7, 11) is 0. The average Bonchev–Trinajstić information content (AvgIpc) is 2.09. The van der Waals surface area contributed by atoms with Gasteiger partial charge in [0.25, 0.3) is 0 Å². The van der Waals surface area contributed by atoms with Crippen molar-refractivity contribution in [2.45, 2.75) is 33.6 Å². The number of phenolic OH excluding ortho intramolecular Hbond substituents is 2. The zero-order chi connectivity index (χ0) is 11.6. The molecular weight excluding hydrogens is 188 g/mol. The predicted octanol–water partition coefficient (Wildman–Crippen LogP) is 3.49. The normalized spacial score (nSPS) is 11.7. The third-order valence-corrected chi connectivity index (χ3v) is 2.83. The molecule has 2 nitrogen and oxygen atoms in total. The van der Waals surface area contributed by atoms with Crippen molar-refractivity contribution in [2.75, 3.05) is 0 Å². The van der Waals surface area contributed by atoms with Gasteiger partial charge in [0.15, 0.2) is 0 Å². The Morgan fingerprint density at radius 2 is 1.27 bits per heavy atom. The topological polar surface area (TPSA) is 40.5 Å². The van der Waals surface area contributed by atoms with Gasteiger partial charge in [-0.25, -0.2) is 0 Å². The van der Waals surface area contributed by atoms with Gasteiger partial charge in [0.2, 0.25) is 0 Å². The molecule has 1 aromatic rings. The molecule has 0 aliphatic rings. The highest BCUT2D eigenvalue weighted by Crippen LogP contribution is 2.41. The van der Waals surface area contributed by atoms with Crippen LogP contribution < -0.4 is 0 Å². The third kappa shape index (κ3) is 2.44. The molecule has 0 aliphatic heterocycles. The lowest BCUT2D eigenvalue weighted by atomic mass is 9.79. The zero-order valence-corrected chi connectivity index (χ0v) is 9.86. The summed E-state index contributed by atoms with van der Waals surface area (Å²) in [6.07, 6.45) is 0. The summed E-state index contributed by atoms with van der Waals surface area (Å²) in [5.41, 5.74) is 0.683. The van der Waals surface area contributed by atoms with Crippen molar-refractivity contribution in [1.82, 2.24) is 0 Å². The van der Waals surface area contributed by atoms with Gasteiger partial charge in [-0.2, -0.15) is 0 Å². The zero-order valence-electron chi connectivity index (χ0n) is 9.86. The first-order valence-corrected chi connectivity index (χ1v) is 5.46. The molecule has 0 saturated carbocycles. The molecule has 0 fully saturated rings. The van der Waals surface area contributed by atoms with Gasteiger partial charge in [0, 0.05) is 5.56 Å². The van der Waals surface area contributed by atoms with Crippen molar-refractivity contribution in [3.63, 3.8) is 0 Å². The highest BCUT2D eigenvalue weighted by molar-refractivity contribution is 5.45. The van der Waals surface area contributed by atoms with Gasteiger partial charge in [-0.1, -0.05) is 33.8 Å². The van der Waals surface area contributed by atoms with Crippen molar-refractivity contribution < 1.29 is 10.2 Å². The summed E-state index contributed by atoms with van der Waals surface area (Å²) < 4.78 is 0. The summed E-state index contributed by atoms with van der Waals surface area (Å²) in [4.78, 5) is 0. The molecule has 0 saturated heterocycles. The first-order chi connectivity index (χ1) is 6.95. The molecule has 0 unspecified atom stereocenters. The summed E-state index contributed by atoms with van der Waals surface area (Å²) >= 11 is 0. The molecule has 15 heavy (non-hydrogen) atoms. The lowest BCUT2D eigenvalue weighted by Crippen LogP contribution is -2.13. The van der Waals surface area contributed by atoms with Crippen LogP contribution in [0.4, 0.5) is 0 Å². The highest BCUT2D eigenvalue weighted by atomic mass is 16.3. The van der Waals surface area contributed by atoms with Gasteiger partial charge in [-0.3, -0.25) is 0 Å². The maximum absolute atomic E-state index is 9.80. The van der Waals surface area contributed by atoms with E-state index in [4.69, 9.17) is 0 Å². The molecule has 1 rings (SSSR count). The van der Waals surface area contributed by atoms with E-state index in [1.807, 2.05) is 0 Å². The lowest BCUT2D eigenvalue weighted by Gasteiger charge is -2.26. The van der Waals surface area contributed by atoms with Crippen molar-refractivity contribution in [3.8, 4) is 11.5 Å². The van der Waals surface area contributed by atoms with Crippen molar-refractivity contribution in [2.24, 2.45) is 11.8 Å². The Kier molecular flexibility index (Phi) is 3.61. The van der Waals surface area contributed by atoms with Crippen LogP contribution in [-0.2, 0) is 0 Å². The average molecular weight is 208 g/mol. The van der Waals surface area contributed by atoms with Gasteiger partial charge in [0.1, 0.15) is 11.5 Å². The van der Waals surface area contributed by atoms with E-state index >= 15 is 0 Å². The van der Waals surface area contributed by atoms with E-state index in [9.17, 15) is 10.2 Å². The van der Waals surface area contributed by atoms with Crippen LogP contribution in [0.25, 0.3) is 0 Å². The first-order valence-electron chi connectivity index (χ1n) is 5.46. The van der Waals surface area contributed by atoms with Gasteiger partial charge in [0.05, 0.1) is 0 Å². The molecule has 2 heteroatoms. The van der Waals surface area contributed by atoms with E-state index < -0.39 is 0 Å². The minimum atomic E-state index is 0.186. The second kappa shape index (κ2) is 4.56. The molecule has 0 radical (unpaired) electrons. The molecule has 0 aromatic heterocycles. The fraction of sp³-hybridized carbons (Fsp3) is 0.538.